The zero-order valence-corrected chi connectivity index (χ0v) is 11.9. The molecule has 108 valence electrons. The standard InChI is InChI=1S/C14H17ClN2O3/c1-8-5-6-9(7-8)16-14(20)17-11-4-2-3-10(15)12(11)13(18)19/h2-4,8-9H,5-7H2,1H3,(H,18,19)(H2,16,17,20). The van der Waals surface area contributed by atoms with Crippen molar-refractivity contribution in [2.45, 2.75) is 32.2 Å². The summed E-state index contributed by atoms with van der Waals surface area (Å²) in [5.74, 6) is -0.554. The number of anilines is 1. The van der Waals surface area contributed by atoms with Crippen molar-refractivity contribution >= 4 is 29.3 Å². The van der Waals surface area contributed by atoms with Crippen molar-refractivity contribution in [3.63, 3.8) is 0 Å². The molecule has 6 heteroatoms. The van der Waals surface area contributed by atoms with Crippen LogP contribution in [0.5, 0.6) is 0 Å². The van der Waals surface area contributed by atoms with Gasteiger partial charge >= 0.3 is 12.0 Å². The van der Waals surface area contributed by atoms with Gasteiger partial charge in [0, 0.05) is 6.04 Å². The van der Waals surface area contributed by atoms with Crippen molar-refractivity contribution in [1.29, 1.82) is 0 Å². The average Bonchev–Trinajstić information content (AvgIpc) is 2.74. The van der Waals surface area contributed by atoms with Crippen molar-refractivity contribution in [3.8, 4) is 0 Å². The Bertz CT molecular complexity index is 533. The summed E-state index contributed by atoms with van der Waals surface area (Å²) >= 11 is 5.84. The Balaban J connectivity index is 2.04. The van der Waals surface area contributed by atoms with Crippen LogP contribution in [-0.2, 0) is 0 Å². The van der Waals surface area contributed by atoms with Crippen molar-refractivity contribution in [2.24, 2.45) is 5.92 Å². The molecule has 0 heterocycles. The quantitative estimate of drug-likeness (QED) is 0.800. The number of carbonyl (C=O) groups excluding carboxylic acids is 1. The molecule has 2 atom stereocenters. The number of halogens is 1. The summed E-state index contributed by atoms with van der Waals surface area (Å²) in [5.41, 5.74) is 0.109. The van der Waals surface area contributed by atoms with Crippen molar-refractivity contribution < 1.29 is 14.7 Å². The van der Waals surface area contributed by atoms with Gasteiger partial charge in [0.1, 0.15) is 5.56 Å². The van der Waals surface area contributed by atoms with E-state index < -0.39 is 12.0 Å². The van der Waals surface area contributed by atoms with Crippen LogP contribution in [0.25, 0.3) is 0 Å². The minimum absolute atomic E-state index is 0.0934. The number of urea groups is 1. The van der Waals surface area contributed by atoms with Crippen LogP contribution in [0.2, 0.25) is 5.02 Å². The summed E-state index contributed by atoms with van der Waals surface area (Å²) in [6.45, 7) is 2.15. The van der Waals surface area contributed by atoms with Crippen molar-refractivity contribution in [3.05, 3.63) is 28.8 Å². The Morgan fingerprint density at radius 1 is 1.35 bits per heavy atom. The molecule has 0 spiro atoms. The van der Waals surface area contributed by atoms with Crippen LogP contribution >= 0.6 is 11.6 Å². The fourth-order valence-corrected chi connectivity index (χ4v) is 2.78. The molecule has 0 radical (unpaired) electrons. The van der Waals surface area contributed by atoms with E-state index in [-0.39, 0.29) is 22.3 Å². The van der Waals surface area contributed by atoms with Gasteiger partial charge in [0.05, 0.1) is 10.7 Å². The number of carboxylic acids is 1. The van der Waals surface area contributed by atoms with E-state index in [1.807, 2.05) is 0 Å². The predicted octanol–water partition coefficient (Wildman–Crippen LogP) is 3.35. The Morgan fingerprint density at radius 3 is 2.70 bits per heavy atom. The van der Waals surface area contributed by atoms with Crippen LogP contribution in [0.3, 0.4) is 0 Å². The highest BCUT2D eigenvalue weighted by Crippen LogP contribution is 2.26. The number of hydrogen-bond donors (Lipinski definition) is 3. The molecule has 1 aromatic rings. The van der Waals surface area contributed by atoms with E-state index in [0.717, 1.165) is 19.3 Å². The molecular weight excluding hydrogens is 280 g/mol. The molecule has 20 heavy (non-hydrogen) atoms. The number of carboxylic acid groups (broad SMARTS) is 1. The lowest BCUT2D eigenvalue weighted by molar-refractivity contribution is 0.0698. The first-order valence-electron chi connectivity index (χ1n) is 6.56. The number of rotatable bonds is 3. The van der Waals surface area contributed by atoms with Gasteiger partial charge in [-0.3, -0.25) is 0 Å². The van der Waals surface area contributed by atoms with Gasteiger partial charge in [0.15, 0.2) is 0 Å². The molecule has 0 bridgehead atoms. The normalized spacial score (nSPS) is 21.5. The monoisotopic (exact) mass is 296 g/mol. The summed E-state index contributed by atoms with van der Waals surface area (Å²) in [7, 11) is 0. The van der Waals surface area contributed by atoms with Gasteiger partial charge in [-0.2, -0.15) is 0 Å². The zero-order valence-electron chi connectivity index (χ0n) is 11.1. The molecule has 2 unspecified atom stereocenters. The molecule has 0 aromatic heterocycles. The Morgan fingerprint density at radius 2 is 2.10 bits per heavy atom. The topological polar surface area (TPSA) is 78.4 Å². The second-order valence-electron chi connectivity index (χ2n) is 5.18. The Labute approximate surface area is 122 Å². The maximum absolute atomic E-state index is 11.9. The highest BCUT2D eigenvalue weighted by Gasteiger charge is 2.23. The lowest BCUT2D eigenvalue weighted by Crippen LogP contribution is -2.36. The van der Waals surface area contributed by atoms with E-state index in [2.05, 4.69) is 17.6 Å². The molecule has 2 rings (SSSR count). The molecule has 1 aliphatic carbocycles. The molecule has 3 N–H and O–H groups in total. The number of nitrogens with one attached hydrogen (secondary N) is 2. The van der Waals surface area contributed by atoms with Crippen LogP contribution in [-0.4, -0.2) is 23.1 Å². The third-order valence-electron chi connectivity index (χ3n) is 3.51. The first-order valence-corrected chi connectivity index (χ1v) is 6.94. The Hall–Kier alpha value is -1.75. The van der Waals surface area contributed by atoms with E-state index in [9.17, 15) is 9.59 Å². The molecule has 5 nitrogen and oxygen atoms in total. The third kappa shape index (κ3) is 3.42. The number of carbonyl (C=O) groups is 2. The van der Waals surface area contributed by atoms with E-state index in [4.69, 9.17) is 16.7 Å². The Kier molecular flexibility index (Phi) is 4.49. The summed E-state index contributed by atoms with van der Waals surface area (Å²) in [5, 5.41) is 14.6. The van der Waals surface area contributed by atoms with E-state index >= 15 is 0 Å². The van der Waals surface area contributed by atoms with Crippen LogP contribution < -0.4 is 10.6 Å². The zero-order chi connectivity index (χ0) is 14.7. The lowest BCUT2D eigenvalue weighted by Gasteiger charge is -2.15. The highest BCUT2D eigenvalue weighted by molar-refractivity contribution is 6.34. The maximum atomic E-state index is 11.9. The molecule has 1 saturated carbocycles. The first-order chi connectivity index (χ1) is 9.47. The van der Waals surface area contributed by atoms with Crippen molar-refractivity contribution in [2.75, 3.05) is 5.32 Å². The van der Waals surface area contributed by atoms with Crippen LogP contribution in [0.1, 0.15) is 36.5 Å². The van der Waals surface area contributed by atoms with Gasteiger partial charge in [-0.1, -0.05) is 24.6 Å². The minimum Gasteiger partial charge on any atom is -0.478 e. The fourth-order valence-electron chi connectivity index (χ4n) is 2.53. The molecule has 1 aliphatic rings. The van der Waals surface area contributed by atoms with Gasteiger partial charge in [0.2, 0.25) is 0 Å². The highest BCUT2D eigenvalue weighted by atomic mass is 35.5. The molecule has 0 saturated heterocycles. The maximum Gasteiger partial charge on any atom is 0.339 e. The number of hydrogen-bond acceptors (Lipinski definition) is 2. The number of amides is 2. The van der Waals surface area contributed by atoms with Crippen molar-refractivity contribution in [1.82, 2.24) is 5.32 Å². The second kappa shape index (κ2) is 6.13. The van der Waals surface area contributed by atoms with E-state index in [0.29, 0.717) is 5.92 Å². The van der Waals surface area contributed by atoms with E-state index in [1.165, 1.54) is 12.1 Å². The van der Waals surface area contributed by atoms with Crippen LogP contribution in [0.15, 0.2) is 18.2 Å². The number of aromatic carboxylic acids is 1. The number of benzene rings is 1. The summed E-state index contributed by atoms with van der Waals surface area (Å²) in [6, 6.07) is 4.35. The summed E-state index contributed by atoms with van der Waals surface area (Å²) < 4.78 is 0. The average molecular weight is 297 g/mol. The van der Waals surface area contributed by atoms with Gasteiger partial charge in [-0.25, -0.2) is 9.59 Å². The largest absolute Gasteiger partial charge is 0.478 e. The third-order valence-corrected chi connectivity index (χ3v) is 3.82. The molecule has 1 aromatic carbocycles. The predicted molar refractivity (Wildman–Crippen MR) is 77.4 cm³/mol. The second-order valence-corrected chi connectivity index (χ2v) is 5.59. The van der Waals surface area contributed by atoms with Crippen LogP contribution in [0.4, 0.5) is 10.5 Å². The fraction of sp³-hybridized carbons (Fsp3) is 0.429. The van der Waals surface area contributed by atoms with Gasteiger partial charge in [-0.05, 0) is 37.3 Å². The van der Waals surface area contributed by atoms with Gasteiger partial charge in [0.25, 0.3) is 0 Å². The van der Waals surface area contributed by atoms with Crippen LogP contribution in [0, 0.1) is 5.92 Å². The first kappa shape index (κ1) is 14.7. The smallest absolute Gasteiger partial charge is 0.339 e. The van der Waals surface area contributed by atoms with Gasteiger partial charge in [-0.15, -0.1) is 0 Å². The SMILES string of the molecule is CC1CCC(NC(=O)Nc2cccc(Cl)c2C(=O)O)C1. The summed E-state index contributed by atoms with van der Waals surface area (Å²) in [4.78, 5) is 23.1. The molecule has 2 amide bonds. The summed E-state index contributed by atoms with van der Waals surface area (Å²) in [6.07, 6.45) is 3.01. The minimum atomic E-state index is -1.17. The van der Waals surface area contributed by atoms with Gasteiger partial charge < -0.3 is 15.7 Å². The molecule has 1 fully saturated rings. The van der Waals surface area contributed by atoms with E-state index in [1.54, 1.807) is 6.07 Å². The lowest BCUT2D eigenvalue weighted by atomic mass is 10.1. The molecular formula is C14H17ClN2O3. The molecule has 0 aliphatic heterocycles.